The minimum Gasteiger partial charge on any atom is -0.497 e. The lowest BCUT2D eigenvalue weighted by Crippen LogP contribution is -2.34. The number of ether oxygens (including phenoxy) is 1. The molecule has 2 aliphatic rings. The zero-order chi connectivity index (χ0) is 17.1. The van der Waals surface area contributed by atoms with Crippen molar-refractivity contribution in [2.75, 3.05) is 20.8 Å². The molecule has 0 spiro atoms. The summed E-state index contributed by atoms with van der Waals surface area (Å²) >= 11 is 0. The van der Waals surface area contributed by atoms with Crippen LogP contribution >= 0.6 is 0 Å². The first-order valence-corrected chi connectivity index (χ1v) is 8.55. The topological polar surface area (TPSA) is 45.6 Å². The van der Waals surface area contributed by atoms with Gasteiger partial charge in [0.15, 0.2) is 0 Å². The SMILES string of the molecule is C=CC1C2CCN1C(Cc1ccnc3ccc(OC)cc13)C2.CO. The van der Waals surface area contributed by atoms with Crippen LogP contribution in [0.1, 0.15) is 18.4 Å². The van der Waals surface area contributed by atoms with Crippen LogP contribution in [-0.4, -0.2) is 47.8 Å². The highest BCUT2D eigenvalue weighted by Gasteiger charge is 2.44. The van der Waals surface area contributed by atoms with E-state index in [9.17, 15) is 0 Å². The number of methoxy groups -OCH3 is 1. The van der Waals surface area contributed by atoms with E-state index < -0.39 is 0 Å². The average Bonchev–Trinajstić information content (AvgIpc) is 3.20. The Morgan fingerprint density at radius 3 is 2.92 bits per heavy atom. The predicted octanol–water partition coefficient (Wildman–Crippen LogP) is 3.04. The molecule has 2 aromatic rings. The second kappa shape index (κ2) is 7.32. The molecular weight excluding hydrogens is 300 g/mol. The lowest BCUT2D eigenvalue weighted by molar-refractivity contribution is 0.239. The van der Waals surface area contributed by atoms with Crippen molar-refractivity contribution in [3.8, 4) is 5.75 Å². The Morgan fingerprint density at radius 1 is 1.38 bits per heavy atom. The highest BCUT2D eigenvalue weighted by atomic mass is 16.5. The number of aliphatic hydroxyl groups excluding tert-OH is 1. The van der Waals surface area contributed by atoms with Crippen molar-refractivity contribution in [1.82, 2.24) is 9.88 Å². The highest BCUT2D eigenvalue weighted by Crippen LogP contribution is 2.41. The van der Waals surface area contributed by atoms with Crippen molar-refractivity contribution in [1.29, 1.82) is 0 Å². The van der Waals surface area contributed by atoms with E-state index in [1.54, 1.807) is 7.11 Å². The van der Waals surface area contributed by atoms with E-state index in [2.05, 4.69) is 34.7 Å². The van der Waals surface area contributed by atoms with Gasteiger partial charge >= 0.3 is 0 Å². The second-order valence-corrected chi connectivity index (χ2v) is 6.46. The van der Waals surface area contributed by atoms with E-state index in [0.717, 1.165) is 30.7 Å². The Labute approximate surface area is 143 Å². The monoisotopic (exact) mass is 326 g/mol. The van der Waals surface area contributed by atoms with Crippen molar-refractivity contribution < 1.29 is 9.84 Å². The highest BCUT2D eigenvalue weighted by molar-refractivity contribution is 5.83. The molecule has 0 amide bonds. The van der Waals surface area contributed by atoms with Gasteiger partial charge in [-0.1, -0.05) is 6.08 Å². The van der Waals surface area contributed by atoms with Gasteiger partial charge < -0.3 is 9.84 Å². The molecule has 0 aliphatic carbocycles. The van der Waals surface area contributed by atoms with Crippen LogP contribution in [-0.2, 0) is 6.42 Å². The fourth-order valence-corrected chi connectivity index (χ4v) is 4.34. The lowest BCUT2D eigenvalue weighted by Gasteiger charge is -2.26. The molecule has 3 heterocycles. The normalized spacial score (nSPS) is 27.6. The van der Waals surface area contributed by atoms with Crippen molar-refractivity contribution in [3.63, 3.8) is 0 Å². The molecule has 4 rings (SSSR count). The minimum absolute atomic E-state index is 0.590. The molecule has 0 saturated carbocycles. The van der Waals surface area contributed by atoms with Crippen LogP contribution < -0.4 is 4.74 Å². The fourth-order valence-electron chi connectivity index (χ4n) is 4.34. The van der Waals surface area contributed by atoms with Gasteiger partial charge in [-0.15, -0.1) is 6.58 Å². The van der Waals surface area contributed by atoms with Crippen LogP contribution in [0, 0.1) is 5.92 Å². The van der Waals surface area contributed by atoms with Crippen molar-refractivity contribution in [2.24, 2.45) is 5.92 Å². The molecule has 1 N–H and O–H groups in total. The average molecular weight is 326 g/mol. The van der Waals surface area contributed by atoms with Crippen LogP contribution in [0.4, 0.5) is 0 Å². The van der Waals surface area contributed by atoms with Gasteiger partial charge in [0.1, 0.15) is 5.75 Å². The quantitative estimate of drug-likeness (QED) is 0.877. The Morgan fingerprint density at radius 2 is 2.21 bits per heavy atom. The fraction of sp³-hybridized carbons (Fsp3) is 0.450. The van der Waals surface area contributed by atoms with E-state index in [4.69, 9.17) is 9.84 Å². The van der Waals surface area contributed by atoms with Gasteiger partial charge in [-0.2, -0.15) is 0 Å². The molecule has 0 radical (unpaired) electrons. The maximum Gasteiger partial charge on any atom is 0.119 e. The number of fused-ring (bicyclic) bond motifs is 3. The number of nitrogens with zero attached hydrogens (tertiary/aromatic N) is 2. The maximum absolute atomic E-state index is 7.00. The summed E-state index contributed by atoms with van der Waals surface area (Å²) in [5.41, 5.74) is 2.43. The summed E-state index contributed by atoms with van der Waals surface area (Å²) in [5.74, 6) is 1.71. The molecule has 2 saturated heterocycles. The van der Waals surface area contributed by atoms with Crippen LogP contribution in [0.3, 0.4) is 0 Å². The van der Waals surface area contributed by atoms with E-state index in [0.29, 0.717) is 12.1 Å². The zero-order valence-electron chi connectivity index (χ0n) is 14.5. The number of hydrogen-bond donors (Lipinski definition) is 1. The molecule has 24 heavy (non-hydrogen) atoms. The lowest BCUT2D eigenvalue weighted by atomic mass is 9.92. The van der Waals surface area contributed by atoms with Gasteiger partial charge in [-0.25, -0.2) is 0 Å². The number of pyridine rings is 1. The third kappa shape index (κ3) is 2.92. The van der Waals surface area contributed by atoms with Crippen LogP contribution in [0.25, 0.3) is 10.9 Å². The molecule has 2 bridgehead atoms. The second-order valence-electron chi connectivity index (χ2n) is 6.46. The maximum atomic E-state index is 7.00. The Bertz CT molecular complexity index is 716. The zero-order valence-corrected chi connectivity index (χ0v) is 14.5. The molecule has 1 aromatic carbocycles. The predicted molar refractivity (Wildman–Crippen MR) is 97.3 cm³/mol. The van der Waals surface area contributed by atoms with Crippen molar-refractivity contribution >= 4 is 10.9 Å². The van der Waals surface area contributed by atoms with Gasteiger partial charge in [0, 0.05) is 30.8 Å². The number of aromatic nitrogens is 1. The van der Waals surface area contributed by atoms with Gasteiger partial charge in [-0.3, -0.25) is 9.88 Å². The van der Waals surface area contributed by atoms with Gasteiger partial charge in [-0.05, 0) is 61.6 Å². The number of benzene rings is 1. The molecule has 4 heteroatoms. The number of rotatable bonds is 4. The first-order chi connectivity index (χ1) is 11.8. The number of aliphatic hydroxyl groups is 1. The summed E-state index contributed by atoms with van der Waals surface area (Å²) in [5, 5.41) is 8.22. The van der Waals surface area contributed by atoms with E-state index in [1.165, 1.54) is 30.3 Å². The molecular formula is C20H26N2O2. The smallest absolute Gasteiger partial charge is 0.119 e. The van der Waals surface area contributed by atoms with Crippen LogP contribution in [0.15, 0.2) is 43.1 Å². The van der Waals surface area contributed by atoms with Gasteiger partial charge in [0.2, 0.25) is 0 Å². The largest absolute Gasteiger partial charge is 0.497 e. The van der Waals surface area contributed by atoms with E-state index in [1.807, 2.05) is 18.3 Å². The van der Waals surface area contributed by atoms with Gasteiger partial charge in [0.05, 0.1) is 12.6 Å². The molecule has 4 atom stereocenters. The summed E-state index contributed by atoms with van der Waals surface area (Å²) < 4.78 is 5.38. The molecule has 1 aromatic heterocycles. The number of piperidine rings is 1. The third-order valence-electron chi connectivity index (χ3n) is 5.40. The summed E-state index contributed by atoms with van der Waals surface area (Å²) in [6.45, 7) is 5.25. The molecule has 128 valence electrons. The van der Waals surface area contributed by atoms with E-state index in [-0.39, 0.29) is 0 Å². The third-order valence-corrected chi connectivity index (χ3v) is 5.40. The van der Waals surface area contributed by atoms with Crippen molar-refractivity contribution in [3.05, 3.63) is 48.7 Å². The van der Waals surface area contributed by atoms with Crippen molar-refractivity contribution in [2.45, 2.75) is 31.3 Å². The molecule has 4 unspecified atom stereocenters. The summed E-state index contributed by atoms with van der Waals surface area (Å²) in [6.07, 6.45) is 7.79. The van der Waals surface area contributed by atoms with Gasteiger partial charge in [0.25, 0.3) is 0 Å². The van der Waals surface area contributed by atoms with Crippen LogP contribution in [0.5, 0.6) is 5.75 Å². The summed E-state index contributed by atoms with van der Waals surface area (Å²) in [4.78, 5) is 7.13. The molecule has 4 nitrogen and oxygen atoms in total. The molecule has 2 fully saturated rings. The van der Waals surface area contributed by atoms with E-state index >= 15 is 0 Å². The first kappa shape index (κ1) is 16.9. The minimum atomic E-state index is 0.590. The first-order valence-electron chi connectivity index (χ1n) is 8.55. The molecule has 2 aliphatic heterocycles. The Kier molecular flexibility index (Phi) is 5.17. The summed E-state index contributed by atoms with van der Waals surface area (Å²) in [7, 11) is 2.72. The standard InChI is InChI=1S/C19H22N2O.CH4O/c1-3-19-14-7-9-21(19)15(11-14)10-13-6-8-20-18-5-4-16(22-2)12-17(13)18;1-2/h3-6,8,12,14-15,19H,1,7,9-11H2,2H3;2H,1H3. The Hall–Kier alpha value is -1.91. The summed E-state index contributed by atoms with van der Waals surface area (Å²) in [6, 6.07) is 9.54. The number of hydrogen-bond acceptors (Lipinski definition) is 4. The Balaban J connectivity index is 0.000000815. The van der Waals surface area contributed by atoms with Crippen LogP contribution in [0.2, 0.25) is 0 Å².